The number of benzene rings is 2. The lowest BCUT2D eigenvalue weighted by molar-refractivity contribution is 0.953. The molecule has 4 rings (SSSR count). The van der Waals surface area contributed by atoms with Crippen molar-refractivity contribution in [2.45, 2.75) is 6.42 Å². The predicted molar refractivity (Wildman–Crippen MR) is 83.4 cm³/mol. The third-order valence-electron chi connectivity index (χ3n) is 3.68. The highest BCUT2D eigenvalue weighted by Crippen LogP contribution is 2.34. The molecule has 1 aromatic heterocycles. The Balaban J connectivity index is 1.90. The van der Waals surface area contributed by atoms with Crippen LogP contribution in [0.15, 0.2) is 52.8 Å². The van der Waals surface area contributed by atoms with Crippen molar-refractivity contribution in [3.8, 4) is 11.1 Å². The van der Waals surface area contributed by atoms with Gasteiger partial charge >= 0.3 is 0 Å². The minimum absolute atomic E-state index is 0.917. The van der Waals surface area contributed by atoms with Crippen molar-refractivity contribution in [3.63, 3.8) is 0 Å². The maximum Gasteiger partial charge on any atom is 0.0430 e. The number of aliphatic imine (C=N–C) groups is 1. The van der Waals surface area contributed by atoms with Gasteiger partial charge in [0.25, 0.3) is 0 Å². The summed E-state index contributed by atoms with van der Waals surface area (Å²) in [5.41, 5.74) is 5.37. The van der Waals surface area contributed by atoms with E-state index in [1.54, 1.807) is 0 Å². The van der Waals surface area contributed by atoms with E-state index in [4.69, 9.17) is 0 Å². The van der Waals surface area contributed by atoms with Crippen molar-refractivity contribution >= 4 is 27.6 Å². The summed E-state index contributed by atoms with van der Waals surface area (Å²) in [6, 6.07) is 15.4. The third-order valence-corrected chi connectivity index (χ3v) is 4.64. The first-order chi connectivity index (χ1) is 9.42. The molecule has 0 aliphatic carbocycles. The van der Waals surface area contributed by atoms with Crippen LogP contribution in [-0.2, 0) is 6.42 Å². The first-order valence-electron chi connectivity index (χ1n) is 6.51. The maximum atomic E-state index is 4.34. The molecular formula is C17H13NS. The number of rotatable bonds is 1. The Kier molecular flexibility index (Phi) is 2.49. The van der Waals surface area contributed by atoms with E-state index in [1.807, 2.05) is 17.6 Å². The zero-order valence-corrected chi connectivity index (χ0v) is 11.3. The van der Waals surface area contributed by atoms with Gasteiger partial charge in [0.2, 0.25) is 0 Å². The van der Waals surface area contributed by atoms with Crippen LogP contribution in [-0.4, -0.2) is 12.8 Å². The summed E-state index contributed by atoms with van der Waals surface area (Å²) < 4.78 is 1.36. The van der Waals surface area contributed by atoms with Crippen LogP contribution in [0.1, 0.15) is 11.1 Å². The maximum absolute atomic E-state index is 4.34. The van der Waals surface area contributed by atoms with E-state index >= 15 is 0 Å². The lowest BCUT2D eigenvalue weighted by Crippen LogP contribution is -2.02. The van der Waals surface area contributed by atoms with Crippen LogP contribution in [0, 0.1) is 0 Å². The van der Waals surface area contributed by atoms with Gasteiger partial charge in [-0.15, -0.1) is 11.3 Å². The second-order valence-electron chi connectivity index (χ2n) is 4.84. The molecule has 0 bridgehead atoms. The quantitative estimate of drug-likeness (QED) is 0.611. The Morgan fingerprint density at radius 3 is 3.00 bits per heavy atom. The van der Waals surface area contributed by atoms with E-state index in [0.717, 1.165) is 13.0 Å². The second-order valence-corrected chi connectivity index (χ2v) is 5.76. The minimum atomic E-state index is 0.917. The van der Waals surface area contributed by atoms with Gasteiger partial charge in [-0.05, 0) is 34.6 Å². The van der Waals surface area contributed by atoms with Gasteiger partial charge in [0.05, 0.1) is 0 Å². The van der Waals surface area contributed by atoms with E-state index in [2.05, 4.69) is 52.8 Å². The molecule has 0 amide bonds. The molecule has 0 atom stereocenters. The Morgan fingerprint density at radius 1 is 1.05 bits per heavy atom. The van der Waals surface area contributed by atoms with Gasteiger partial charge < -0.3 is 0 Å². The summed E-state index contributed by atoms with van der Waals surface area (Å²) >= 11 is 1.82. The van der Waals surface area contributed by atoms with Crippen LogP contribution >= 0.6 is 11.3 Å². The lowest BCUT2D eigenvalue weighted by atomic mass is 9.96. The smallest absolute Gasteiger partial charge is 0.0430 e. The molecule has 0 fully saturated rings. The van der Waals surface area contributed by atoms with Crippen molar-refractivity contribution < 1.29 is 0 Å². The molecule has 0 saturated heterocycles. The molecule has 0 spiro atoms. The summed E-state index contributed by atoms with van der Waals surface area (Å²) in [6.07, 6.45) is 3.05. The largest absolute Gasteiger partial charge is 0.292 e. The van der Waals surface area contributed by atoms with Crippen LogP contribution in [0.5, 0.6) is 0 Å². The van der Waals surface area contributed by atoms with E-state index in [1.165, 1.54) is 32.3 Å². The van der Waals surface area contributed by atoms with E-state index < -0.39 is 0 Å². The Morgan fingerprint density at radius 2 is 2.00 bits per heavy atom. The zero-order chi connectivity index (χ0) is 12.7. The fourth-order valence-electron chi connectivity index (χ4n) is 2.66. The van der Waals surface area contributed by atoms with Crippen LogP contribution < -0.4 is 0 Å². The Labute approximate surface area is 116 Å². The second kappa shape index (κ2) is 4.32. The fourth-order valence-corrected chi connectivity index (χ4v) is 3.63. The van der Waals surface area contributed by atoms with Gasteiger partial charge in [0.1, 0.15) is 0 Å². The summed E-state index contributed by atoms with van der Waals surface area (Å²) in [6.45, 7) is 0.917. The fraction of sp³-hybridized carbons (Fsp3) is 0.118. The SMILES string of the molecule is C1=NCCc2cc(-c3csc4ccccc34)ccc21. The van der Waals surface area contributed by atoms with Crippen LogP contribution in [0.2, 0.25) is 0 Å². The third kappa shape index (κ3) is 1.80. The molecule has 0 N–H and O–H groups in total. The molecule has 3 aromatic rings. The summed E-state index contributed by atoms with van der Waals surface area (Å²) in [5, 5.41) is 3.63. The molecule has 0 unspecified atom stereocenters. The zero-order valence-electron chi connectivity index (χ0n) is 10.5. The highest BCUT2D eigenvalue weighted by atomic mass is 32.1. The topological polar surface area (TPSA) is 12.4 Å². The molecule has 2 heterocycles. The molecule has 1 aliphatic heterocycles. The Bertz CT molecular complexity index is 783. The molecule has 1 aliphatic rings. The van der Waals surface area contributed by atoms with E-state index in [-0.39, 0.29) is 0 Å². The highest BCUT2D eigenvalue weighted by Gasteiger charge is 2.10. The number of thiophene rings is 1. The van der Waals surface area contributed by atoms with Crippen molar-refractivity contribution in [2.24, 2.45) is 4.99 Å². The van der Waals surface area contributed by atoms with Gasteiger partial charge in [0, 0.05) is 28.4 Å². The van der Waals surface area contributed by atoms with Gasteiger partial charge in [0.15, 0.2) is 0 Å². The normalized spacial score (nSPS) is 13.7. The molecule has 1 nitrogen and oxygen atoms in total. The van der Waals surface area contributed by atoms with E-state index in [9.17, 15) is 0 Å². The van der Waals surface area contributed by atoms with Crippen molar-refractivity contribution in [1.82, 2.24) is 0 Å². The summed E-state index contributed by atoms with van der Waals surface area (Å²) in [4.78, 5) is 4.34. The van der Waals surface area contributed by atoms with Gasteiger partial charge in [-0.25, -0.2) is 0 Å². The monoisotopic (exact) mass is 263 g/mol. The standard InChI is InChI=1S/C17H13NS/c1-2-4-17-15(3-1)16(11-19-17)13-5-6-14-10-18-8-7-12(14)9-13/h1-6,9-11H,7-8H2. The number of hydrogen-bond acceptors (Lipinski definition) is 2. The molecule has 2 aromatic carbocycles. The van der Waals surface area contributed by atoms with Crippen LogP contribution in [0.25, 0.3) is 21.2 Å². The molecule has 0 saturated carbocycles. The molecule has 0 radical (unpaired) electrons. The Hall–Kier alpha value is -1.93. The highest BCUT2D eigenvalue weighted by molar-refractivity contribution is 7.17. The lowest BCUT2D eigenvalue weighted by Gasteiger charge is -2.11. The first kappa shape index (κ1) is 10.9. The van der Waals surface area contributed by atoms with Crippen LogP contribution in [0.3, 0.4) is 0 Å². The number of fused-ring (bicyclic) bond motifs is 2. The van der Waals surface area contributed by atoms with Gasteiger partial charge in [-0.1, -0.05) is 36.4 Å². The minimum Gasteiger partial charge on any atom is -0.292 e. The van der Waals surface area contributed by atoms with E-state index in [0.29, 0.717) is 0 Å². The van der Waals surface area contributed by atoms with Gasteiger partial charge in [-0.2, -0.15) is 0 Å². The van der Waals surface area contributed by atoms with Crippen molar-refractivity contribution in [3.05, 3.63) is 59.0 Å². The van der Waals surface area contributed by atoms with Crippen molar-refractivity contribution in [1.29, 1.82) is 0 Å². The van der Waals surface area contributed by atoms with Gasteiger partial charge in [-0.3, -0.25) is 4.99 Å². The molecule has 92 valence electrons. The average Bonchev–Trinajstić information content (AvgIpc) is 2.91. The predicted octanol–water partition coefficient (Wildman–Crippen LogP) is 4.54. The molecule has 2 heteroatoms. The van der Waals surface area contributed by atoms with Crippen molar-refractivity contribution in [2.75, 3.05) is 6.54 Å². The average molecular weight is 263 g/mol. The number of nitrogens with zero attached hydrogens (tertiary/aromatic N) is 1. The summed E-state index contributed by atoms with van der Waals surface area (Å²) in [7, 11) is 0. The first-order valence-corrected chi connectivity index (χ1v) is 7.39. The summed E-state index contributed by atoms with van der Waals surface area (Å²) in [5.74, 6) is 0. The molecule has 19 heavy (non-hydrogen) atoms. The molecular weight excluding hydrogens is 250 g/mol. The number of hydrogen-bond donors (Lipinski definition) is 0. The van der Waals surface area contributed by atoms with Crippen LogP contribution in [0.4, 0.5) is 0 Å².